The van der Waals surface area contributed by atoms with Gasteiger partial charge in [-0.2, -0.15) is 4.68 Å². The second-order valence-electron chi connectivity index (χ2n) is 7.56. The molecule has 1 aliphatic rings. The number of nitrogens with zero attached hydrogens (tertiary/aromatic N) is 4. The van der Waals surface area contributed by atoms with Crippen molar-refractivity contribution in [1.82, 2.24) is 20.2 Å². The maximum absolute atomic E-state index is 12.9. The summed E-state index contributed by atoms with van der Waals surface area (Å²) in [5.74, 6) is 0.610. The van der Waals surface area contributed by atoms with Crippen LogP contribution in [-0.2, 0) is 16.1 Å². The lowest BCUT2D eigenvalue weighted by Gasteiger charge is -2.28. The number of ether oxygens (including phenoxy) is 2. The molecule has 3 aromatic rings. The molecule has 1 aromatic heterocycles. The molecule has 1 unspecified atom stereocenters. The van der Waals surface area contributed by atoms with E-state index in [0.717, 1.165) is 11.1 Å². The topological polar surface area (TPSA) is 91.2 Å². The van der Waals surface area contributed by atoms with Gasteiger partial charge in [0, 0.05) is 21.3 Å². The van der Waals surface area contributed by atoms with Crippen LogP contribution in [0.5, 0.6) is 5.75 Å². The highest BCUT2D eigenvalue weighted by atomic mass is 35.5. The molecule has 2 aromatic carbocycles. The molecule has 1 aliphatic heterocycles. The lowest BCUT2D eigenvalue weighted by Crippen LogP contribution is -2.30. The van der Waals surface area contributed by atoms with Gasteiger partial charge in [0.25, 0.3) is 0 Å². The van der Waals surface area contributed by atoms with Crippen molar-refractivity contribution in [2.45, 2.75) is 39.5 Å². The largest absolute Gasteiger partial charge is 0.489 e. The predicted molar refractivity (Wildman–Crippen MR) is 121 cm³/mol. The van der Waals surface area contributed by atoms with Crippen LogP contribution < -0.4 is 10.1 Å². The van der Waals surface area contributed by atoms with Gasteiger partial charge in [-0.05, 0) is 61.0 Å². The minimum absolute atomic E-state index is 0.263. The van der Waals surface area contributed by atoms with Crippen LogP contribution in [0.1, 0.15) is 37.9 Å². The number of rotatable bonds is 6. The molecule has 0 aliphatic carbocycles. The van der Waals surface area contributed by atoms with Crippen molar-refractivity contribution in [1.29, 1.82) is 0 Å². The van der Waals surface area contributed by atoms with Crippen LogP contribution in [0.25, 0.3) is 0 Å². The number of anilines is 1. The highest BCUT2D eigenvalue weighted by Crippen LogP contribution is 2.36. The molecule has 0 radical (unpaired) electrons. The Morgan fingerprint density at radius 3 is 2.78 bits per heavy atom. The summed E-state index contributed by atoms with van der Waals surface area (Å²) in [5.41, 5.74) is 2.64. The fraction of sp³-hybridized carbons (Fsp3) is 0.273. The van der Waals surface area contributed by atoms with Gasteiger partial charge in [-0.25, -0.2) is 4.79 Å². The zero-order valence-electron chi connectivity index (χ0n) is 17.7. The van der Waals surface area contributed by atoms with Crippen LogP contribution in [0, 0.1) is 0 Å². The van der Waals surface area contributed by atoms with Crippen molar-refractivity contribution in [2.24, 2.45) is 0 Å². The van der Waals surface area contributed by atoms with Crippen LogP contribution in [-0.4, -0.2) is 32.3 Å². The van der Waals surface area contributed by atoms with Crippen LogP contribution in [0.2, 0.25) is 10.0 Å². The summed E-state index contributed by atoms with van der Waals surface area (Å²) in [6.07, 6.45) is -0.266. The Bertz CT molecular complexity index is 1190. The monoisotopic (exact) mass is 473 g/mol. The number of esters is 1. The van der Waals surface area contributed by atoms with Crippen molar-refractivity contribution in [3.05, 3.63) is 74.9 Å². The molecule has 8 nitrogen and oxygen atoms in total. The molecule has 2 heterocycles. The minimum atomic E-state index is -0.574. The van der Waals surface area contributed by atoms with Gasteiger partial charge in [0.1, 0.15) is 18.4 Å². The predicted octanol–water partition coefficient (Wildman–Crippen LogP) is 4.80. The minimum Gasteiger partial charge on any atom is -0.489 e. The lowest BCUT2D eigenvalue weighted by molar-refractivity contribution is -0.143. The smallest absolute Gasteiger partial charge is 0.338 e. The Labute approximate surface area is 195 Å². The summed E-state index contributed by atoms with van der Waals surface area (Å²) < 4.78 is 13.0. The first kappa shape index (κ1) is 22.1. The van der Waals surface area contributed by atoms with Gasteiger partial charge in [0.15, 0.2) is 0 Å². The van der Waals surface area contributed by atoms with Crippen molar-refractivity contribution in [2.75, 3.05) is 5.32 Å². The number of allylic oxidation sites excluding steroid dienone is 1. The number of carbonyl (C=O) groups is 1. The number of tetrazole rings is 1. The molecule has 0 spiro atoms. The summed E-state index contributed by atoms with van der Waals surface area (Å²) >= 11 is 12.2. The number of benzene rings is 2. The van der Waals surface area contributed by atoms with Crippen LogP contribution in [0.4, 0.5) is 5.95 Å². The molecule has 10 heteroatoms. The highest BCUT2D eigenvalue weighted by Gasteiger charge is 2.35. The average Bonchev–Trinajstić information content (AvgIpc) is 3.19. The first-order chi connectivity index (χ1) is 15.3. The van der Waals surface area contributed by atoms with E-state index >= 15 is 0 Å². The van der Waals surface area contributed by atoms with E-state index in [0.29, 0.717) is 33.0 Å². The summed E-state index contributed by atoms with van der Waals surface area (Å²) in [5, 5.41) is 16.0. The van der Waals surface area contributed by atoms with Gasteiger partial charge in [-0.15, -0.1) is 0 Å². The molecule has 0 saturated heterocycles. The first-order valence-electron chi connectivity index (χ1n) is 9.97. The van der Waals surface area contributed by atoms with E-state index in [1.54, 1.807) is 37.6 Å². The number of carbonyl (C=O) groups excluding carboxylic acids is 1. The standard InChI is InChI=1S/C22H21Cl2N5O3/c1-12(2)32-21(30)19-13(3)25-22-26-27-28-29(22)20(19)14-5-4-6-17(9-14)31-11-15-7-8-16(23)10-18(15)24/h4-10,12,20H,11H2,1-3H3,(H,25,26,28). The SMILES string of the molecule is CC1=C(C(=O)OC(C)C)C(c2cccc(OCc3ccc(Cl)cc3Cl)c2)n2nnnc2N1. The van der Waals surface area contributed by atoms with E-state index in [9.17, 15) is 4.79 Å². The zero-order chi connectivity index (χ0) is 22.8. The third kappa shape index (κ3) is 4.56. The number of aromatic nitrogens is 4. The summed E-state index contributed by atoms with van der Waals surface area (Å²) in [7, 11) is 0. The van der Waals surface area contributed by atoms with Crippen molar-refractivity contribution < 1.29 is 14.3 Å². The fourth-order valence-corrected chi connectivity index (χ4v) is 3.90. The summed E-state index contributed by atoms with van der Waals surface area (Å²) in [6, 6.07) is 12.1. The molecule has 166 valence electrons. The number of halogens is 2. The number of hydrogen-bond acceptors (Lipinski definition) is 7. The Balaban J connectivity index is 1.66. The second-order valence-corrected chi connectivity index (χ2v) is 8.41. The molecule has 0 amide bonds. The Morgan fingerprint density at radius 2 is 2.03 bits per heavy atom. The fourth-order valence-electron chi connectivity index (χ4n) is 3.44. The van der Waals surface area contributed by atoms with Crippen molar-refractivity contribution in [3.8, 4) is 5.75 Å². The van der Waals surface area contributed by atoms with Crippen molar-refractivity contribution in [3.63, 3.8) is 0 Å². The van der Waals surface area contributed by atoms with E-state index in [1.807, 2.05) is 30.3 Å². The van der Waals surface area contributed by atoms with Gasteiger partial charge in [0.2, 0.25) is 5.95 Å². The van der Waals surface area contributed by atoms with E-state index < -0.39 is 12.0 Å². The summed E-state index contributed by atoms with van der Waals surface area (Å²) in [6.45, 7) is 5.67. The van der Waals surface area contributed by atoms with Crippen LogP contribution >= 0.6 is 23.2 Å². The van der Waals surface area contributed by atoms with E-state index in [1.165, 1.54) is 0 Å². The normalized spacial score (nSPS) is 15.4. The molecular formula is C22H21Cl2N5O3. The van der Waals surface area contributed by atoms with E-state index in [4.69, 9.17) is 32.7 Å². The van der Waals surface area contributed by atoms with Crippen molar-refractivity contribution >= 4 is 35.1 Å². The molecular weight excluding hydrogens is 453 g/mol. The average molecular weight is 474 g/mol. The third-order valence-electron chi connectivity index (χ3n) is 4.86. The quantitative estimate of drug-likeness (QED) is 0.514. The molecule has 32 heavy (non-hydrogen) atoms. The number of fused-ring (bicyclic) bond motifs is 1. The molecule has 0 saturated carbocycles. The van der Waals surface area contributed by atoms with Gasteiger partial charge in [-0.3, -0.25) is 0 Å². The number of hydrogen-bond donors (Lipinski definition) is 1. The highest BCUT2D eigenvalue weighted by molar-refractivity contribution is 6.35. The maximum Gasteiger partial charge on any atom is 0.338 e. The Hall–Kier alpha value is -3.10. The Morgan fingerprint density at radius 1 is 1.22 bits per heavy atom. The van der Waals surface area contributed by atoms with Gasteiger partial charge in [-0.1, -0.05) is 46.5 Å². The second kappa shape index (κ2) is 9.18. The van der Waals surface area contributed by atoms with E-state index in [-0.39, 0.29) is 12.7 Å². The number of nitrogens with one attached hydrogen (secondary N) is 1. The molecule has 1 atom stereocenters. The lowest BCUT2D eigenvalue weighted by atomic mass is 9.95. The van der Waals surface area contributed by atoms with Gasteiger partial charge >= 0.3 is 5.97 Å². The maximum atomic E-state index is 12.9. The zero-order valence-corrected chi connectivity index (χ0v) is 19.2. The van der Waals surface area contributed by atoms with Gasteiger partial charge < -0.3 is 14.8 Å². The molecule has 4 rings (SSSR count). The van der Waals surface area contributed by atoms with Crippen LogP contribution in [0.15, 0.2) is 53.7 Å². The van der Waals surface area contributed by atoms with E-state index in [2.05, 4.69) is 20.8 Å². The van der Waals surface area contributed by atoms with Crippen LogP contribution in [0.3, 0.4) is 0 Å². The van der Waals surface area contributed by atoms with Gasteiger partial charge in [0.05, 0.1) is 11.7 Å². The third-order valence-corrected chi connectivity index (χ3v) is 5.45. The first-order valence-corrected chi connectivity index (χ1v) is 10.7. The molecule has 1 N–H and O–H groups in total. The molecule has 0 fully saturated rings. The summed E-state index contributed by atoms with van der Waals surface area (Å²) in [4.78, 5) is 12.9. The molecule has 0 bridgehead atoms. The Kier molecular flexibility index (Phi) is 6.34.